The lowest BCUT2D eigenvalue weighted by Gasteiger charge is -2.20. The molecule has 0 saturated carbocycles. The number of hydrogen-bond donors (Lipinski definition) is 1. The lowest BCUT2D eigenvalue weighted by Crippen LogP contribution is -2.37. The van der Waals surface area contributed by atoms with Gasteiger partial charge in [0.2, 0.25) is 10.0 Å². The number of nitrogens with zero attached hydrogens (tertiary/aromatic N) is 1. The van der Waals surface area contributed by atoms with Crippen LogP contribution in [-0.2, 0) is 14.8 Å². The Bertz CT molecular complexity index is 1000. The smallest absolute Gasteiger partial charge is 0.242 e. The Morgan fingerprint density at radius 1 is 1.24 bits per heavy atom. The Morgan fingerprint density at radius 3 is 2.88 bits per heavy atom. The second-order valence-corrected chi connectivity index (χ2v) is 8.98. The minimum absolute atomic E-state index is 0.299. The number of rotatable bonds is 4. The van der Waals surface area contributed by atoms with E-state index in [0.717, 1.165) is 20.5 Å². The van der Waals surface area contributed by atoms with E-state index in [1.54, 1.807) is 12.4 Å². The molecule has 1 aliphatic rings. The van der Waals surface area contributed by atoms with Crippen molar-refractivity contribution in [1.29, 1.82) is 0 Å². The van der Waals surface area contributed by atoms with E-state index in [4.69, 9.17) is 4.74 Å². The number of aromatic nitrogens is 1. The molecule has 4 rings (SSSR count). The van der Waals surface area contributed by atoms with E-state index < -0.39 is 10.0 Å². The van der Waals surface area contributed by atoms with E-state index in [-0.39, 0.29) is 12.1 Å². The summed E-state index contributed by atoms with van der Waals surface area (Å²) in [6.45, 7) is 2.37. The fraction of sp³-hybridized carbons (Fsp3) is 0.278. The lowest BCUT2D eigenvalue weighted by molar-refractivity contribution is 0.102. The predicted octanol–water partition coefficient (Wildman–Crippen LogP) is 3.41. The second kappa shape index (κ2) is 6.49. The normalized spacial score (nSPS) is 21.0. The van der Waals surface area contributed by atoms with Gasteiger partial charge in [-0.2, -0.15) is 0 Å². The Hall–Kier alpha value is -1.80. The van der Waals surface area contributed by atoms with Crippen molar-refractivity contribution in [2.75, 3.05) is 6.61 Å². The molecule has 3 heterocycles. The summed E-state index contributed by atoms with van der Waals surface area (Å²) in [4.78, 5) is 5.29. The first kappa shape index (κ1) is 16.7. The van der Waals surface area contributed by atoms with E-state index in [2.05, 4.69) is 9.71 Å². The Morgan fingerprint density at radius 2 is 2.08 bits per heavy atom. The van der Waals surface area contributed by atoms with Crippen LogP contribution in [0.3, 0.4) is 0 Å². The number of benzene rings is 1. The first-order valence-corrected chi connectivity index (χ1v) is 10.4. The highest BCUT2D eigenvalue weighted by Crippen LogP contribution is 2.35. The highest BCUT2D eigenvalue weighted by molar-refractivity contribution is 7.90. The van der Waals surface area contributed by atoms with Gasteiger partial charge >= 0.3 is 0 Å². The van der Waals surface area contributed by atoms with Gasteiger partial charge < -0.3 is 4.74 Å². The molecule has 0 amide bonds. The van der Waals surface area contributed by atoms with Gasteiger partial charge in [-0.25, -0.2) is 13.1 Å². The number of hydrogen-bond acceptors (Lipinski definition) is 5. The van der Waals surface area contributed by atoms with E-state index in [9.17, 15) is 8.42 Å². The number of fused-ring (bicyclic) bond motifs is 1. The first-order valence-electron chi connectivity index (χ1n) is 8.08. The molecule has 7 heteroatoms. The van der Waals surface area contributed by atoms with Gasteiger partial charge in [-0.15, -0.1) is 11.3 Å². The highest BCUT2D eigenvalue weighted by atomic mass is 32.2. The molecule has 1 saturated heterocycles. The van der Waals surface area contributed by atoms with Gasteiger partial charge in [0.05, 0.1) is 6.04 Å². The van der Waals surface area contributed by atoms with Crippen molar-refractivity contribution in [3.63, 3.8) is 0 Å². The van der Waals surface area contributed by atoms with Crippen LogP contribution in [0.15, 0.2) is 53.7 Å². The van der Waals surface area contributed by atoms with Crippen molar-refractivity contribution in [1.82, 2.24) is 9.71 Å². The zero-order valence-corrected chi connectivity index (χ0v) is 15.3. The monoisotopic (exact) mass is 374 g/mol. The molecule has 1 aromatic carbocycles. The average Bonchev–Trinajstić information content (AvgIpc) is 3.18. The van der Waals surface area contributed by atoms with Crippen molar-refractivity contribution >= 4 is 31.4 Å². The SMILES string of the molecule is Cc1sc2ccccc2c1S(=O)(=O)N[C@H]1CCO[C@@H]1c1cccnc1. The number of ether oxygens (including phenoxy) is 1. The summed E-state index contributed by atoms with van der Waals surface area (Å²) in [5.41, 5.74) is 0.889. The van der Waals surface area contributed by atoms with Crippen molar-refractivity contribution in [3.05, 3.63) is 59.2 Å². The minimum atomic E-state index is -3.64. The topological polar surface area (TPSA) is 68.3 Å². The minimum Gasteiger partial charge on any atom is -0.372 e. The Labute approximate surface area is 150 Å². The molecule has 1 N–H and O–H groups in total. The fourth-order valence-corrected chi connectivity index (χ4v) is 6.40. The summed E-state index contributed by atoms with van der Waals surface area (Å²) in [6, 6.07) is 11.0. The molecule has 1 fully saturated rings. The summed E-state index contributed by atoms with van der Waals surface area (Å²) in [5, 5.41) is 0.773. The zero-order chi connectivity index (χ0) is 17.4. The summed E-state index contributed by atoms with van der Waals surface area (Å²) in [5.74, 6) is 0. The third-order valence-corrected chi connectivity index (χ3v) is 7.29. The van der Waals surface area contributed by atoms with Crippen LogP contribution in [-0.4, -0.2) is 26.1 Å². The van der Waals surface area contributed by atoms with E-state index in [1.165, 1.54) is 11.3 Å². The molecule has 5 nitrogen and oxygen atoms in total. The fourth-order valence-electron chi connectivity index (χ4n) is 3.32. The number of sulfonamides is 1. The maximum Gasteiger partial charge on any atom is 0.242 e. The van der Waals surface area contributed by atoms with E-state index in [0.29, 0.717) is 17.9 Å². The molecule has 0 spiro atoms. The lowest BCUT2D eigenvalue weighted by atomic mass is 10.1. The number of aryl methyl sites for hydroxylation is 1. The Kier molecular flexibility index (Phi) is 4.33. The molecule has 2 aromatic heterocycles. The van der Waals surface area contributed by atoms with Gasteiger partial charge in [0.1, 0.15) is 11.0 Å². The number of nitrogens with one attached hydrogen (secondary N) is 1. The highest BCUT2D eigenvalue weighted by Gasteiger charge is 2.34. The molecule has 130 valence electrons. The van der Waals surface area contributed by atoms with Gasteiger partial charge in [0.15, 0.2) is 0 Å². The van der Waals surface area contributed by atoms with Gasteiger partial charge in [-0.1, -0.05) is 24.3 Å². The number of pyridine rings is 1. The van der Waals surface area contributed by atoms with Crippen molar-refractivity contribution < 1.29 is 13.2 Å². The van der Waals surface area contributed by atoms with Crippen LogP contribution >= 0.6 is 11.3 Å². The standard InChI is InChI=1S/C18H18N2O3S2/c1-12-18(14-6-2-3-7-16(14)24-12)25(21,22)20-15-8-10-23-17(15)13-5-4-9-19-11-13/h2-7,9,11,15,17,20H,8,10H2,1H3/t15-,17+/m0/s1. The molecule has 3 aromatic rings. The van der Waals surface area contributed by atoms with Gasteiger partial charge in [-0.3, -0.25) is 4.98 Å². The van der Waals surface area contributed by atoms with Gasteiger partial charge in [0, 0.05) is 39.5 Å². The molecule has 25 heavy (non-hydrogen) atoms. The zero-order valence-electron chi connectivity index (χ0n) is 13.7. The maximum absolute atomic E-state index is 13.1. The van der Waals surface area contributed by atoms with E-state index >= 15 is 0 Å². The van der Waals surface area contributed by atoms with Crippen LogP contribution in [0.4, 0.5) is 0 Å². The van der Waals surface area contributed by atoms with Crippen molar-refractivity contribution in [2.24, 2.45) is 0 Å². The molecule has 0 radical (unpaired) electrons. The molecular weight excluding hydrogens is 356 g/mol. The van der Waals surface area contributed by atoms with Crippen LogP contribution in [0.1, 0.15) is 23.0 Å². The summed E-state index contributed by atoms with van der Waals surface area (Å²) >= 11 is 1.50. The molecule has 0 unspecified atom stereocenters. The molecule has 1 aliphatic heterocycles. The van der Waals surface area contributed by atoms with Gasteiger partial charge in [-0.05, 0) is 25.5 Å². The molecule has 0 bridgehead atoms. The average molecular weight is 374 g/mol. The van der Waals surface area contributed by atoms with Crippen molar-refractivity contribution in [3.8, 4) is 0 Å². The van der Waals surface area contributed by atoms with E-state index in [1.807, 2.05) is 43.3 Å². The summed E-state index contributed by atoms with van der Waals surface area (Å²) < 4.78 is 35.8. The molecule has 2 atom stereocenters. The summed E-state index contributed by atoms with van der Waals surface area (Å²) in [6.07, 6.45) is 3.75. The van der Waals surface area contributed by atoms with Crippen LogP contribution in [0.2, 0.25) is 0 Å². The molecule has 0 aliphatic carbocycles. The quantitative estimate of drug-likeness (QED) is 0.760. The van der Waals surface area contributed by atoms with Crippen molar-refractivity contribution in [2.45, 2.75) is 30.4 Å². The van der Waals surface area contributed by atoms with Crippen LogP contribution in [0.25, 0.3) is 10.1 Å². The summed E-state index contributed by atoms with van der Waals surface area (Å²) in [7, 11) is -3.64. The maximum atomic E-state index is 13.1. The first-order chi connectivity index (χ1) is 12.1. The second-order valence-electron chi connectivity index (χ2n) is 6.08. The van der Waals surface area contributed by atoms with Crippen LogP contribution < -0.4 is 4.72 Å². The van der Waals surface area contributed by atoms with Gasteiger partial charge in [0.25, 0.3) is 0 Å². The third-order valence-electron chi connectivity index (χ3n) is 4.39. The molecular formula is C18H18N2O3S2. The predicted molar refractivity (Wildman–Crippen MR) is 98.2 cm³/mol. The Balaban J connectivity index is 1.68. The number of thiophene rings is 1. The largest absolute Gasteiger partial charge is 0.372 e. The third kappa shape index (κ3) is 3.08. The van der Waals surface area contributed by atoms with Crippen LogP contribution in [0.5, 0.6) is 0 Å². The van der Waals surface area contributed by atoms with Crippen LogP contribution in [0, 0.1) is 6.92 Å².